The first kappa shape index (κ1) is 20.4. The monoisotopic (exact) mass is 397 g/mol. The first-order valence-electron chi connectivity index (χ1n) is 11.2. The van der Waals surface area contributed by atoms with Crippen LogP contribution in [-0.2, 0) is 4.74 Å². The van der Waals surface area contributed by atoms with Crippen LogP contribution in [0.5, 0.6) is 0 Å². The van der Waals surface area contributed by atoms with Crippen molar-refractivity contribution in [2.75, 3.05) is 45.9 Å². The minimum absolute atomic E-state index is 0.152. The molecule has 3 saturated heterocycles. The molecule has 6 nitrogen and oxygen atoms in total. The second-order valence-corrected chi connectivity index (χ2v) is 9.40. The van der Waals surface area contributed by atoms with Gasteiger partial charge in [-0.2, -0.15) is 0 Å². The number of halogens is 1. The van der Waals surface area contributed by atoms with Crippen LogP contribution in [0, 0.1) is 5.41 Å². The van der Waals surface area contributed by atoms with E-state index in [1.54, 1.807) is 0 Å². The Morgan fingerprint density at radius 3 is 2.64 bits per heavy atom. The van der Waals surface area contributed by atoms with Gasteiger partial charge in [-0.05, 0) is 70.4 Å². The predicted molar refractivity (Wildman–Crippen MR) is 105 cm³/mol. The Labute approximate surface area is 168 Å². The highest BCUT2D eigenvalue weighted by atomic mass is 19.1. The molecule has 0 aromatic carbocycles. The summed E-state index contributed by atoms with van der Waals surface area (Å²) >= 11 is 0. The predicted octanol–water partition coefficient (Wildman–Crippen LogP) is 2.26. The van der Waals surface area contributed by atoms with Crippen LogP contribution < -0.4 is 0 Å². The molecule has 0 aromatic heterocycles. The summed E-state index contributed by atoms with van der Waals surface area (Å²) in [6.45, 7) is 6.87. The first-order valence-corrected chi connectivity index (χ1v) is 11.2. The molecule has 7 heteroatoms. The van der Waals surface area contributed by atoms with E-state index in [1.165, 1.54) is 12.8 Å². The largest absolute Gasteiger partial charge is 0.450 e. The van der Waals surface area contributed by atoms with E-state index < -0.39 is 6.17 Å². The number of aliphatic hydroxyl groups excluding tert-OH is 1. The molecule has 0 bridgehead atoms. The van der Waals surface area contributed by atoms with Gasteiger partial charge in [0.15, 0.2) is 0 Å². The van der Waals surface area contributed by atoms with Crippen LogP contribution in [0.25, 0.3) is 0 Å². The van der Waals surface area contributed by atoms with Gasteiger partial charge in [-0.3, -0.25) is 4.90 Å². The van der Waals surface area contributed by atoms with E-state index in [2.05, 4.69) is 9.80 Å². The molecule has 4 rings (SSSR count). The lowest BCUT2D eigenvalue weighted by molar-refractivity contribution is -0.0183. The fourth-order valence-electron chi connectivity index (χ4n) is 6.18. The van der Waals surface area contributed by atoms with Crippen LogP contribution in [-0.4, -0.2) is 96.1 Å². The van der Waals surface area contributed by atoms with E-state index in [9.17, 15) is 14.3 Å². The Kier molecular flexibility index (Phi) is 6.14. The number of nitrogens with zero attached hydrogens (tertiary/aromatic N) is 3. The van der Waals surface area contributed by atoms with Crippen molar-refractivity contribution in [1.82, 2.24) is 14.7 Å². The summed E-state index contributed by atoms with van der Waals surface area (Å²) in [7, 11) is 0. The minimum Gasteiger partial charge on any atom is -0.450 e. The van der Waals surface area contributed by atoms with Crippen molar-refractivity contribution in [2.24, 2.45) is 5.41 Å². The van der Waals surface area contributed by atoms with Crippen molar-refractivity contribution in [2.45, 2.75) is 76.2 Å². The summed E-state index contributed by atoms with van der Waals surface area (Å²) < 4.78 is 19.1. The average Bonchev–Trinajstić information content (AvgIpc) is 3.26. The molecule has 1 amide bonds. The molecule has 3 aliphatic heterocycles. The van der Waals surface area contributed by atoms with Gasteiger partial charge in [0, 0.05) is 44.4 Å². The van der Waals surface area contributed by atoms with Gasteiger partial charge in [0.25, 0.3) is 0 Å². The van der Waals surface area contributed by atoms with Gasteiger partial charge in [-0.15, -0.1) is 0 Å². The van der Waals surface area contributed by atoms with Crippen molar-refractivity contribution < 1.29 is 19.0 Å². The van der Waals surface area contributed by atoms with Gasteiger partial charge in [-0.1, -0.05) is 0 Å². The van der Waals surface area contributed by atoms with E-state index in [-0.39, 0.29) is 18.7 Å². The van der Waals surface area contributed by atoms with Crippen LogP contribution >= 0.6 is 0 Å². The molecule has 4 aliphatic rings. The molecule has 28 heavy (non-hydrogen) atoms. The SMILES string of the molecule is CCOC(=O)N1CCC2(CC(N3CCC(N4C[C@H](F)C[C@@H]4CCO)CC3)C2)C1. The Morgan fingerprint density at radius 1 is 1.21 bits per heavy atom. The number of ether oxygens (including phenoxy) is 1. The van der Waals surface area contributed by atoms with Gasteiger partial charge >= 0.3 is 6.09 Å². The lowest BCUT2D eigenvalue weighted by Gasteiger charge is -2.52. The molecular weight excluding hydrogens is 361 g/mol. The van der Waals surface area contributed by atoms with Crippen molar-refractivity contribution in [3.05, 3.63) is 0 Å². The average molecular weight is 398 g/mol. The number of likely N-dealkylation sites (tertiary alicyclic amines) is 3. The van der Waals surface area contributed by atoms with E-state index >= 15 is 0 Å². The summed E-state index contributed by atoms with van der Waals surface area (Å²) in [5, 5.41) is 9.28. The van der Waals surface area contributed by atoms with Gasteiger partial charge < -0.3 is 19.6 Å². The highest BCUT2D eigenvalue weighted by Gasteiger charge is 2.51. The lowest BCUT2D eigenvalue weighted by atomic mass is 9.64. The maximum Gasteiger partial charge on any atom is 0.409 e. The van der Waals surface area contributed by atoms with Gasteiger partial charge in [0.05, 0.1) is 6.61 Å². The van der Waals surface area contributed by atoms with Gasteiger partial charge in [0.1, 0.15) is 6.17 Å². The molecule has 0 unspecified atom stereocenters. The van der Waals surface area contributed by atoms with Crippen molar-refractivity contribution >= 4 is 6.09 Å². The van der Waals surface area contributed by atoms with Crippen LogP contribution in [0.2, 0.25) is 0 Å². The Bertz CT molecular complexity index is 549. The number of amides is 1. The number of hydrogen-bond acceptors (Lipinski definition) is 5. The highest BCUT2D eigenvalue weighted by Crippen LogP contribution is 2.50. The molecule has 4 fully saturated rings. The maximum atomic E-state index is 13.9. The van der Waals surface area contributed by atoms with Crippen molar-refractivity contribution in [3.63, 3.8) is 0 Å². The normalized spacial score (nSPS) is 37.5. The first-order chi connectivity index (χ1) is 13.5. The molecule has 2 atom stereocenters. The third-order valence-corrected chi connectivity index (χ3v) is 7.65. The van der Waals surface area contributed by atoms with Gasteiger partial charge in [-0.25, -0.2) is 9.18 Å². The second-order valence-electron chi connectivity index (χ2n) is 9.40. The number of aliphatic hydroxyl groups is 1. The Morgan fingerprint density at radius 2 is 1.96 bits per heavy atom. The molecule has 1 aliphatic carbocycles. The fourth-order valence-corrected chi connectivity index (χ4v) is 6.18. The third-order valence-electron chi connectivity index (χ3n) is 7.65. The van der Waals surface area contributed by atoms with Crippen molar-refractivity contribution in [3.8, 4) is 0 Å². The molecule has 160 valence electrons. The molecule has 1 saturated carbocycles. The van der Waals surface area contributed by atoms with E-state index in [1.807, 2.05) is 11.8 Å². The number of rotatable bonds is 5. The fraction of sp³-hybridized carbons (Fsp3) is 0.952. The molecule has 1 N–H and O–H groups in total. The number of alkyl halides is 1. The standard InChI is InChI=1S/C21H36FN3O3/c1-2-28-20(27)24-9-6-21(15-24)12-19(13-21)23-7-3-17(4-8-23)25-14-16(22)11-18(25)5-10-26/h16-19,26H,2-15H2,1H3/t16-,18+,19?,21?/m1/s1. The summed E-state index contributed by atoms with van der Waals surface area (Å²) in [6, 6.07) is 1.33. The zero-order chi connectivity index (χ0) is 19.7. The van der Waals surface area contributed by atoms with Crippen LogP contribution in [0.4, 0.5) is 9.18 Å². The van der Waals surface area contributed by atoms with Gasteiger partial charge in [0.2, 0.25) is 0 Å². The van der Waals surface area contributed by atoms with Crippen LogP contribution in [0.1, 0.15) is 51.9 Å². The molecule has 3 heterocycles. The minimum atomic E-state index is -0.731. The lowest BCUT2D eigenvalue weighted by Crippen LogP contribution is -2.56. The number of piperidine rings is 1. The number of carbonyl (C=O) groups excluding carboxylic acids is 1. The smallest absolute Gasteiger partial charge is 0.409 e. The van der Waals surface area contributed by atoms with E-state index in [0.29, 0.717) is 43.5 Å². The quantitative estimate of drug-likeness (QED) is 0.771. The molecular formula is C21H36FN3O3. The molecule has 0 aromatic rings. The highest BCUT2D eigenvalue weighted by molar-refractivity contribution is 5.68. The Hall–Kier alpha value is -0.920. The van der Waals surface area contributed by atoms with Crippen molar-refractivity contribution in [1.29, 1.82) is 0 Å². The van der Waals surface area contributed by atoms with E-state index in [0.717, 1.165) is 45.4 Å². The summed E-state index contributed by atoms with van der Waals surface area (Å²) in [6.07, 6.45) is 6.09. The number of hydrogen-bond donors (Lipinski definition) is 1. The number of carbonyl (C=O) groups is 1. The second kappa shape index (κ2) is 8.44. The topological polar surface area (TPSA) is 56.2 Å². The summed E-state index contributed by atoms with van der Waals surface area (Å²) in [4.78, 5) is 18.8. The van der Waals surface area contributed by atoms with Crippen LogP contribution in [0.3, 0.4) is 0 Å². The molecule has 0 radical (unpaired) electrons. The maximum absolute atomic E-state index is 13.9. The summed E-state index contributed by atoms with van der Waals surface area (Å²) in [5.74, 6) is 0. The zero-order valence-corrected chi connectivity index (χ0v) is 17.2. The van der Waals surface area contributed by atoms with Crippen LogP contribution in [0.15, 0.2) is 0 Å². The molecule has 1 spiro atoms. The Balaban J connectivity index is 1.22. The van der Waals surface area contributed by atoms with E-state index in [4.69, 9.17) is 4.74 Å². The third kappa shape index (κ3) is 4.03. The summed E-state index contributed by atoms with van der Waals surface area (Å²) in [5.41, 5.74) is 0.316. The zero-order valence-electron chi connectivity index (χ0n) is 17.2.